The van der Waals surface area contributed by atoms with Crippen LogP contribution in [0.5, 0.6) is 0 Å². The molecule has 2 unspecified atom stereocenters. The summed E-state index contributed by atoms with van der Waals surface area (Å²) in [5, 5.41) is 12.9. The molecule has 1 heterocycles. The molecule has 0 spiro atoms. The van der Waals surface area contributed by atoms with Gasteiger partial charge in [0.25, 0.3) is 5.91 Å². The second-order valence-corrected chi connectivity index (χ2v) is 6.28. The highest BCUT2D eigenvalue weighted by atomic mass is 19.1. The van der Waals surface area contributed by atoms with E-state index in [1.807, 2.05) is 30.3 Å². The summed E-state index contributed by atoms with van der Waals surface area (Å²) in [5.74, 6) is -2.10. The standard InChI is InChI=1S/C19H19FN2O3/c1-13-19(18(24)25,12-14-6-4-3-5-7-14)17(23)22(21(13)2)16-10-8-15(20)9-11-16/h3-11,13H,12H2,1-2H3,(H,24,25). The average Bonchev–Trinajstić information content (AvgIpc) is 2.78. The lowest BCUT2D eigenvalue weighted by molar-refractivity contribution is -0.154. The second-order valence-electron chi connectivity index (χ2n) is 6.28. The number of amides is 1. The third-order valence-electron chi connectivity index (χ3n) is 4.94. The van der Waals surface area contributed by atoms with Crippen LogP contribution in [0.3, 0.4) is 0 Å². The Morgan fingerprint density at radius 1 is 1.16 bits per heavy atom. The predicted octanol–water partition coefficient (Wildman–Crippen LogP) is 2.72. The minimum Gasteiger partial charge on any atom is -0.480 e. The van der Waals surface area contributed by atoms with Crippen LogP contribution in [0.15, 0.2) is 54.6 Å². The Hall–Kier alpha value is -2.73. The number of rotatable bonds is 4. The van der Waals surface area contributed by atoms with Crippen molar-refractivity contribution in [1.82, 2.24) is 5.01 Å². The molecule has 5 nitrogen and oxygen atoms in total. The van der Waals surface area contributed by atoms with Gasteiger partial charge in [0.15, 0.2) is 5.41 Å². The summed E-state index contributed by atoms with van der Waals surface area (Å²) in [6.07, 6.45) is 0.0885. The molecule has 0 bridgehead atoms. The highest BCUT2D eigenvalue weighted by Crippen LogP contribution is 2.41. The van der Waals surface area contributed by atoms with Gasteiger partial charge in [0, 0.05) is 7.05 Å². The molecule has 1 aliphatic heterocycles. The van der Waals surface area contributed by atoms with Gasteiger partial charge in [-0.25, -0.2) is 14.4 Å². The van der Waals surface area contributed by atoms with Crippen LogP contribution in [-0.4, -0.2) is 35.1 Å². The van der Waals surface area contributed by atoms with E-state index < -0.39 is 29.2 Å². The zero-order chi connectivity index (χ0) is 18.2. The Morgan fingerprint density at radius 2 is 1.76 bits per heavy atom. The van der Waals surface area contributed by atoms with Crippen LogP contribution < -0.4 is 5.01 Å². The number of aliphatic carboxylic acids is 1. The fourth-order valence-corrected chi connectivity index (χ4v) is 3.37. The molecule has 1 saturated heterocycles. The Balaban J connectivity index is 2.05. The lowest BCUT2D eigenvalue weighted by atomic mass is 9.76. The number of halogens is 1. The summed E-state index contributed by atoms with van der Waals surface area (Å²) in [5.41, 5.74) is -0.388. The summed E-state index contributed by atoms with van der Waals surface area (Å²) >= 11 is 0. The molecule has 0 radical (unpaired) electrons. The third kappa shape index (κ3) is 2.68. The van der Waals surface area contributed by atoms with E-state index in [9.17, 15) is 19.1 Å². The fraction of sp³-hybridized carbons (Fsp3) is 0.263. The zero-order valence-electron chi connectivity index (χ0n) is 14.0. The van der Waals surface area contributed by atoms with Gasteiger partial charge < -0.3 is 5.11 Å². The monoisotopic (exact) mass is 342 g/mol. The molecule has 6 heteroatoms. The Bertz CT molecular complexity index is 794. The highest BCUT2D eigenvalue weighted by molar-refractivity contribution is 6.12. The van der Waals surface area contributed by atoms with E-state index in [1.165, 1.54) is 29.3 Å². The zero-order valence-corrected chi connectivity index (χ0v) is 14.0. The molecule has 25 heavy (non-hydrogen) atoms. The first-order valence-corrected chi connectivity index (χ1v) is 7.98. The summed E-state index contributed by atoms with van der Waals surface area (Å²) in [6, 6.07) is 14.0. The van der Waals surface area contributed by atoms with Crippen LogP contribution in [0.1, 0.15) is 12.5 Å². The molecular formula is C19H19FN2O3. The summed E-state index contributed by atoms with van der Waals surface area (Å²) < 4.78 is 13.2. The number of carbonyl (C=O) groups excluding carboxylic acids is 1. The number of hydrazine groups is 1. The van der Waals surface area contributed by atoms with E-state index in [1.54, 1.807) is 19.0 Å². The van der Waals surface area contributed by atoms with Crippen molar-refractivity contribution in [2.45, 2.75) is 19.4 Å². The van der Waals surface area contributed by atoms with E-state index in [-0.39, 0.29) is 6.42 Å². The third-order valence-corrected chi connectivity index (χ3v) is 4.94. The average molecular weight is 342 g/mol. The second kappa shape index (κ2) is 6.29. The first-order valence-electron chi connectivity index (χ1n) is 7.98. The molecule has 1 fully saturated rings. The lowest BCUT2D eigenvalue weighted by Gasteiger charge is -2.28. The lowest BCUT2D eigenvalue weighted by Crippen LogP contribution is -2.47. The largest absolute Gasteiger partial charge is 0.480 e. The molecule has 0 aromatic heterocycles. The minimum absolute atomic E-state index is 0.0885. The molecule has 0 saturated carbocycles. The van der Waals surface area contributed by atoms with E-state index in [2.05, 4.69) is 0 Å². The van der Waals surface area contributed by atoms with Gasteiger partial charge >= 0.3 is 5.97 Å². The number of anilines is 1. The summed E-state index contributed by atoms with van der Waals surface area (Å²) in [6.45, 7) is 1.72. The summed E-state index contributed by atoms with van der Waals surface area (Å²) in [7, 11) is 1.67. The Morgan fingerprint density at radius 3 is 2.32 bits per heavy atom. The molecule has 2 aromatic rings. The quantitative estimate of drug-likeness (QED) is 0.868. The number of carboxylic acids is 1. The number of nitrogens with zero attached hydrogens (tertiary/aromatic N) is 2. The van der Waals surface area contributed by atoms with Gasteiger partial charge in [0.1, 0.15) is 5.82 Å². The van der Waals surface area contributed by atoms with Crippen molar-refractivity contribution in [2.75, 3.05) is 12.1 Å². The number of carboxylic acid groups (broad SMARTS) is 1. The van der Waals surface area contributed by atoms with Crippen LogP contribution in [-0.2, 0) is 16.0 Å². The summed E-state index contributed by atoms with van der Waals surface area (Å²) in [4.78, 5) is 25.4. The van der Waals surface area contributed by atoms with Crippen LogP contribution >= 0.6 is 0 Å². The minimum atomic E-state index is -1.61. The van der Waals surface area contributed by atoms with Crippen LogP contribution in [0.2, 0.25) is 0 Å². The van der Waals surface area contributed by atoms with Gasteiger partial charge in [-0.15, -0.1) is 0 Å². The van der Waals surface area contributed by atoms with Crippen molar-refractivity contribution in [3.05, 3.63) is 66.0 Å². The molecule has 1 aliphatic rings. The number of hydrogen-bond acceptors (Lipinski definition) is 3. The number of hydrogen-bond donors (Lipinski definition) is 1. The Labute approximate surface area is 145 Å². The predicted molar refractivity (Wildman–Crippen MR) is 91.3 cm³/mol. The maximum Gasteiger partial charge on any atom is 0.321 e. The van der Waals surface area contributed by atoms with Crippen molar-refractivity contribution in [3.8, 4) is 0 Å². The van der Waals surface area contributed by atoms with Gasteiger partial charge in [0.05, 0.1) is 11.7 Å². The Kier molecular flexibility index (Phi) is 4.30. The van der Waals surface area contributed by atoms with Gasteiger partial charge in [-0.2, -0.15) is 0 Å². The smallest absolute Gasteiger partial charge is 0.321 e. The molecule has 3 rings (SSSR count). The fourth-order valence-electron chi connectivity index (χ4n) is 3.37. The van der Waals surface area contributed by atoms with Gasteiger partial charge in [0.2, 0.25) is 0 Å². The molecule has 1 N–H and O–H groups in total. The number of carbonyl (C=O) groups is 2. The van der Waals surface area contributed by atoms with Crippen molar-refractivity contribution in [3.63, 3.8) is 0 Å². The molecule has 2 aromatic carbocycles. The van der Waals surface area contributed by atoms with Crippen molar-refractivity contribution >= 4 is 17.6 Å². The molecule has 1 amide bonds. The number of benzene rings is 2. The molecule has 130 valence electrons. The van der Waals surface area contributed by atoms with Crippen LogP contribution in [0.25, 0.3) is 0 Å². The molecule has 2 atom stereocenters. The van der Waals surface area contributed by atoms with Crippen molar-refractivity contribution in [2.24, 2.45) is 5.41 Å². The van der Waals surface area contributed by atoms with Gasteiger partial charge in [-0.3, -0.25) is 9.59 Å². The van der Waals surface area contributed by atoms with Crippen LogP contribution in [0.4, 0.5) is 10.1 Å². The van der Waals surface area contributed by atoms with E-state index in [4.69, 9.17) is 0 Å². The van der Waals surface area contributed by atoms with E-state index >= 15 is 0 Å². The SMILES string of the molecule is CC1N(C)N(c2ccc(F)cc2)C(=O)C1(Cc1ccccc1)C(=O)O. The first-order chi connectivity index (χ1) is 11.9. The van der Waals surface area contributed by atoms with Gasteiger partial charge in [-0.1, -0.05) is 30.3 Å². The maximum atomic E-state index is 13.2. The molecular weight excluding hydrogens is 323 g/mol. The molecule has 0 aliphatic carbocycles. The van der Waals surface area contributed by atoms with E-state index in [0.29, 0.717) is 5.69 Å². The van der Waals surface area contributed by atoms with Crippen molar-refractivity contribution < 1.29 is 19.1 Å². The van der Waals surface area contributed by atoms with Crippen LogP contribution in [0, 0.1) is 11.2 Å². The highest BCUT2D eigenvalue weighted by Gasteiger charge is 2.61. The normalized spacial score (nSPS) is 23.9. The van der Waals surface area contributed by atoms with E-state index in [0.717, 1.165) is 5.56 Å². The first kappa shape index (κ1) is 17.1. The maximum absolute atomic E-state index is 13.2. The van der Waals surface area contributed by atoms with Gasteiger partial charge in [-0.05, 0) is 43.2 Å². The topological polar surface area (TPSA) is 60.9 Å². The van der Waals surface area contributed by atoms with Crippen molar-refractivity contribution in [1.29, 1.82) is 0 Å².